The van der Waals surface area contributed by atoms with Crippen molar-refractivity contribution in [2.75, 3.05) is 39.6 Å². The lowest BCUT2D eigenvalue weighted by Gasteiger charge is -2.21. The normalized spacial score (nSPS) is 13.9. The highest BCUT2D eigenvalue weighted by Crippen LogP contribution is 2.45. The molecular formula is C80H156O17P2. The van der Waals surface area contributed by atoms with Gasteiger partial charge in [0.25, 0.3) is 0 Å². The zero-order valence-electron chi connectivity index (χ0n) is 64.8. The molecule has 0 spiro atoms. The minimum absolute atomic E-state index is 0.102. The summed E-state index contributed by atoms with van der Waals surface area (Å²) in [4.78, 5) is 72.7. The molecule has 0 radical (unpaired) electrons. The molecule has 2 unspecified atom stereocenters. The summed E-state index contributed by atoms with van der Waals surface area (Å²) in [6.45, 7) is 9.51. The summed E-state index contributed by atoms with van der Waals surface area (Å²) in [6.07, 6.45) is 61.8. The first-order chi connectivity index (χ1) is 47.9. The quantitative estimate of drug-likeness (QED) is 0.0222. The van der Waals surface area contributed by atoms with Crippen molar-refractivity contribution in [2.45, 2.75) is 439 Å². The Labute approximate surface area is 607 Å². The minimum Gasteiger partial charge on any atom is -0.462 e. The maximum atomic E-state index is 13.1. The molecule has 0 aliphatic heterocycles. The van der Waals surface area contributed by atoms with Gasteiger partial charge in [-0.3, -0.25) is 37.3 Å². The number of phosphoric acid groups is 2. The van der Waals surface area contributed by atoms with E-state index in [0.717, 1.165) is 109 Å². The fourth-order valence-electron chi connectivity index (χ4n) is 12.4. The van der Waals surface area contributed by atoms with Crippen LogP contribution in [-0.4, -0.2) is 96.7 Å². The van der Waals surface area contributed by atoms with E-state index in [4.69, 9.17) is 37.0 Å². The molecule has 0 heterocycles. The lowest BCUT2D eigenvalue weighted by Crippen LogP contribution is -2.30. The van der Waals surface area contributed by atoms with Crippen LogP contribution in [0.1, 0.15) is 420 Å². The van der Waals surface area contributed by atoms with E-state index in [0.29, 0.717) is 31.6 Å². The molecule has 17 nitrogen and oxygen atoms in total. The smallest absolute Gasteiger partial charge is 0.462 e. The van der Waals surface area contributed by atoms with E-state index in [1.54, 1.807) is 0 Å². The summed E-state index contributed by atoms with van der Waals surface area (Å²) in [5, 5.41) is 10.6. The fraction of sp³-hybridized carbons (Fsp3) is 0.950. The van der Waals surface area contributed by atoms with Gasteiger partial charge in [0, 0.05) is 25.7 Å². The Bertz CT molecular complexity index is 1910. The van der Waals surface area contributed by atoms with Crippen molar-refractivity contribution in [1.82, 2.24) is 0 Å². The molecule has 0 aromatic heterocycles. The van der Waals surface area contributed by atoms with E-state index in [9.17, 15) is 43.2 Å². The summed E-state index contributed by atoms with van der Waals surface area (Å²) in [7, 11) is -9.91. The molecular weight excluding hydrogens is 1290 g/mol. The molecule has 0 rings (SSSR count). The van der Waals surface area contributed by atoms with Gasteiger partial charge >= 0.3 is 39.5 Å². The summed E-state index contributed by atoms with van der Waals surface area (Å²) in [5.74, 6) is -0.630. The van der Waals surface area contributed by atoms with Gasteiger partial charge < -0.3 is 33.8 Å². The Balaban J connectivity index is 5.11. The SMILES string of the molecule is CCCCCCCCCCCCCCCCCCCCCCCCC(=O)O[C@H](COC(=O)CCCCCCCCCCCCCCCCCCCCC(C)C)COP(=O)(O)OC[C@@H](O)COP(=O)(O)OC[C@@H](COC(=O)CCCCCCCCC)OC(=O)CCCCCCCCC(C)C. The Morgan fingerprint density at radius 1 is 0.273 bits per heavy atom. The number of aliphatic hydroxyl groups is 1. The number of ether oxygens (including phenoxy) is 4. The topological polar surface area (TPSA) is 237 Å². The Morgan fingerprint density at radius 3 is 0.687 bits per heavy atom. The third-order valence-corrected chi connectivity index (χ3v) is 20.6. The molecule has 0 saturated heterocycles. The van der Waals surface area contributed by atoms with Gasteiger partial charge in [0.15, 0.2) is 12.2 Å². The molecule has 19 heteroatoms. The van der Waals surface area contributed by atoms with E-state index in [-0.39, 0.29) is 25.7 Å². The standard InChI is InChI=1S/C80H156O17P2/c1-7-9-11-13-15-16-17-18-19-20-21-22-23-24-29-32-35-38-41-45-52-58-64-79(84)96-75(69-91-78(83)63-57-51-44-40-37-34-31-28-26-25-27-30-33-36-39-43-48-54-60-72(3)4)70-94-98(86,87)92-66-74(81)67-93-99(88,89)95-71-76(68-90-77(82)62-56-50-42-14-12-10-8-2)97-80(85)65-59-53-47-46-49-55-61-73(5)6/h72-76,81H,7-71H2,1-6H3,(H,86,87)(H,88,89)/t74-,75-,76-/m1/s1. The van der Waals surface area contributed by atoms with E-state index in [2.05, 4.69) is 41.5 Å². The molecule has 0 aromatic carbocycles. The van der Waals surface area contributed by atoms with Crippen molar-refractivity contribution in [3.8, 4) is 0 Å². The fourth-order valence-corrected chi connectivity index (χ4v) is 13.9. The van der Waals surface area contributed by atoms with E-state index in [1.807, 2.05) is 0 Å². The van der Waals surface area contributed by atoms with Crippen LogP contribution in [0.15, 0.2) is 0 Å². The van der Waals surface area contributed by atoms with Crippen LogP contribution in [0.4, 0.5) is 0 Å². The second-order valence-corrected chi connectivity index (χ2v) is 32.7. The van der Waals surface area contributed by atoms with E-state index < -0.39 is 97.5 Å². The minimum atomic E-state index is -4.96. The van der Waals surface area contributed by atoms with Crippen LogP contribution in [0, 0.1) is 11.8 Å². The highest BCUT2D eigenvalue weighted by molar-refractivity contribution is 7.47. The van der Waals surface area contributed by atoms with Crippen molar-refractivity contribution in [3.05, 3.63) is 0 Å². The number of esters is 4. The van der Waals surface area contributed by atoms with Crippen LogP contribution in [0.5, 0.6) is 0 Å². The molecule has 99 heavy (non-hydrogen) atoms. The first-order valence-electron chi connectivity index (χ1n) is 41.5. The van der Waals surface area contributed by atoms with Gasteiger partial charge in [-0.25, -0.2) is 9.13 Å². The lowest BCUT2D eigenvalue weighted by atomic mass is 10.0. The maximum Gasteiger partial charge on any atom is 0.472 e. The number of rotatable bonds is 79. The average Bonchev–Trinajstić information content (AvgIpc) is 3.49. The zero-order valence-corrected chi connectivity index (χ0v) is 66.6. The summed E-state index contributed by atoms with van der Waals surface area (Å²) < 4.78 is 68.4. The number of unbranched alkanes of at least 4 members (excludes halogenated alkanes) is 49. The van der Waals surface area contributed by atoms with Gasteiger partial charge in [-0.2, -0.15) is 0 Å². The van der Waals surface area contributed by atoms with Crippen LogP contribution >= 0.6 is 15.6 Å². The summed E-state index contributed by atoms with van der Waals surface area (Å²) in [6, 6.07) is 0. The van der Waals surface area contributed by atoms with Crippen LogP contribution < -0.4 is 0 Å². The molecule has 0 aromatic rings. The zero-order chi connectivity index (χ0) is 72.8. The van der Waals surface area contributed by atoms with Crippen molar-refractivity contribution < 1.29 is 80.2 Å². The molecule has 0 amide bonds. The second-order valence-electron chi connectivity index (χ2n) is 29.8. The summed E-state index contributed by atoms with van der Waals surface area (Å²) >= 11 is 0. The number of hydrogen-bond acceptors (Lipinski definition) is 15. The molecule has 0 saturated carbocycles. The van der Waals surface area contributed by atoms with Gasteiger partial charge in [0.2, 0.25) is 0 Å². The van der Waals surface area contributed by atoms with E-state index in [1.165, 1.54) is 225 Å². The average molecular weight is 1450 g/mol. The summed E-state index contributed by atoms with van der Waals surface area (Å²) in [5.41, 5.74) is 0. The lowest BCUT2D eigenvalue weighted by molar-refractivity contribution is -0.161. The largest absolute Gasteiger partial charge is 0.472 e. The second kappa shape index (κ2) is 71.7. The number of hydrogen-bond donors (Lipinski definition) is 3. The van der Waals surface area contributed by atoms with E-state index >= 15 is 0 Å². The van der Waals surface area contributed by atoms with Gasteiger partial charge in [-0.15, -0.1) is 0 Å². The third kappa shape index (κ3) is 74.1. The van der Waals surface area contributed by atoms with Crippen LogP contribution in [0.2, 0.25) is 0 Å². The molecule has 0 fully saturated rings. The van der Waals surface area contributed by atoms with Crippen LogP contribution in [0.3, 0.4) is 0 Å². The molecule has 588 valence electrons. The Morgan fingerprint density at radius 2 is 0.465 bits per heavy atom. The highest BCUT2D eigenvalue weighted by Gasteiger charge is 2.30. The van der Waals surface area contributed by atoms with Crippen molar-refractivity contribution in [1.29, 1.82) is 0 Å². The molecule has 3 N–H and O–H groups in total. The van der Waals surface area contributed by atoms with Crippen molar-refractivity contribution in [2.24, 2.45) is 11.8 Å². The first kappa shape index (κ1) is 97.1. The van der Waals surface area contributed by atoms with Gasteiger partial charge in [0.05, 0.1) is 26.4 Å². The van der Waals surface area contributed by atoms with Crippen molar-refractivity contribution >= 4 is 39.5 Å². The Kier molecular flexibility index (Phi) is 70.3. The van der Waals surface area contributed by atoms with Gasteiger partial charge in [-0.1, -0.05) is 369 Å². The predicted octanol–water partition coefficient (Wildman–Crippen LogP) is 23.9. The number of carbonyl (C=O) groups excluding carboxylic acids is 4. The van der Waals surface area contributed by atoms with Crippen LogP contribution in [-0.2, 0) is 65.4 Å². The highest BCUT2D eigenvalue weighted by atomic mass is 31.2. The monoisotopic (exact) mass is 1450 g/mol. The Hall–Kier alpha value is -1.94. The molecule has 0 aliphatic carbocycles. The number of aliphatic hydroxyl groups excluding tert-OH is 1. The van der Waals surface area contributed by atoms with Gasteiger partial charge in [0.1, 0.15) is 19.3 Å². The number of phosphoric ester groups is 2. The van der Waals surface area contributed by atoms with Gasteiger partial charge in [-0.05, 0) is 37.5 Å². The maximum absolute atomic E-state index is 13.1. The number of carbonyl (C=O) groups is 4. The molecule has 5 atom stereocenters. The molecule has 0 bridgehead atoms. The molecule has 0 aliphatic rings. The third-order valence-electron chi connectivity index (χ3n) is 18.7. The van der Waals surface area contributed by atoms with Crippen LogP contribution in [0.25, 0.3) is 0 Å². The predicted molar refractivity (Wildman–Crippen MR) is 405 cm³/mol. The van der Waals surface area contributed by atoms with Crippen molar-refractivity contribution in [3.63, 3.8) is 0 Å². The first-order valence-corrected chi connectivity index (χ1v) is 44.5.